The first-order chi connectivity index (χ1) is 22.1. The number of hydrogen-bond donors (Lipinski definition) is 6. The summed E-state index contributed by atoms with van der Waals surface area (Å²) >= 11 is 0. The first-order valence-electron chi connectivity index (χ1n) is 12.9. The molecule has 0 bridgehead atoms. The predicted molar refractivity (Wildman–Crippen MR) is 166 cm³/mol. The molecule has 0 radical (unpaired) electrons. The largest absolute Gasteiger partial charge is 2.00 e. The van der Waals surface area contributed by atoms with Crippen LogP contribution in [0.2, 0.25) is 0 Å². The number of azo groups is 2. The molecule has 0 saturated heterocycles. The van der Waals surface area contributed by atoms with Crippen molar-refractivity contribution in [2.45, 2.75) is 9.79 Å². The number of aromatic hydroxyl groups is 3. The van der Waals surface area contributed by atoms with Crippen molar-refractivity contribution >= 4 is 70.8 Å². The average molecular weight is 782 g/mol. The number of non-ortho nitro benzene ring substituents is 1. The molecule has 5 aromatic carbocycles. The van der Waals surface area contributed by atoms with Crippen LogP contribution in [0.5, 0.6) is 17.2 Å². The number of nitro benzene ring substituents is 1. The molecule has 0 aliphatic rings. The number of anilines is 2. The maximum Gasteiger partial charge on any atom is 2.00 e. The van der Waals surface area contributed by atoms with Crippen LogP contribution in [0, 0.1) is 10.1 Å². The van der Waals surface area contributed by atoms with Crippen LogP contribution in [0.25, 0.3) is 10.8 Å². The fourth-order valence-electron chi connectivity index (χ4n) is 4.29. The SMILES string of the molecule is O=[N+]([O-])c1ccc2cc(N=Nc3c(O)ccc(N=Nc4ccc(Nc5ccccc5S(=O)(=O)O)cc4)c3O)c(O)c(S(=O)(=O)O)c2c1.[Fe+2].[Na+].[Na+]. The molecule has 0 aliphatic heterocycles. The number of rotatable bonds is 9. The van der Waals surface area contributed by atoms with Gasteiger partial charge in [0.05, 0.1) is 16.3 Å². The van der Waals surface area contributed by atoms with Crippen molar-refractivity contribution < 1.29 is 122 Å². The number of nitrogens with one attached hydrogen (secondary N) is 1. The summed E-state index contributed by atoms with van der Waals surface area (Å²) in [7, 11) is -9.60. The van der Waals surface area contributed by atoms with Crippen LogP contribution in [-0.2, 0) is 37.3 Å². The van der Waals surface area contributed by atoms with Crippen LogP contribution in [-0.4, -0.2) is 46.2 Å². The van der Waals surface area contributed by atoms with Crippen molar-refractivity contribution in [3.05, 3.63) is 95.0 Å². The minimum Gasteiger partial charge on any atom is -0.505 e. The second-order valence-electron chi connectivity index (χ2n) is 9.56. The van der Waals surface area contributed by atoms with Gasteiger partial charge in [-0.15, -0.1) is 15.3 Å². The Morgan fingerprint density at radius 2 is 1.34 bits per heavy atom. The molecule has 22 heteroatoms. The zero-order valence-electron chi connectivity index (χ0n) is 25.7. The van der Waals surface area contributed by atoms with Gasteiger partial charge in [0.15, 0.2) is 17.2 Å². The van der Waals surface area contributed by atoms with Crippen molar-refractivity contribution in [1.82, 2.24) is 0 Å². The van der Waals surface area contributed by atoms with Gasteiger partial charge >= 0.3 is 76.2 Å². The number of benzene rings is 5. The third kappa shape index (κ3) is 9.63. The van der Waals surface area contributed by atoms with E-state index in [1.807, 2.05) is 0 Å². The number of phenolic OH excluding ortho intramolecular Hbond substituents is 3. The quantitative estimate of drug-likeness (QED) is 0.0401. The van der Waals surface area contributed by atoms with E-state index < -0.39 is 64.4 Å². The molecule has 6 N–H and O–H groups in total. The van der Waals surface area contributed by atoms with Crippen molar-refractivity contribution in [2.75, 3.05) is 5.32 Å². The molecule has 0 aromatic heterocycles. The Bertz CT molecular complexity index is 2370. The molecule has 5 aromatic rings. The molecule has 5 rings (SSSR count). The Hall–Kier alpha value is -3.50. The molecule has 0 saturated carbocycles. The topological polar surface area (TPSA) is 274 Å². The van der Waals surface area contributed by atoms with Crippen molar-refractivity contribution in [3.63, 3.8) is 0 Å². The summed E-state index contributed by atoms with van der Waals surface area (Å²) in [5.41, 5.74) is -0.903. The van der Waals surface area contributed by atoms with E-state index in [-0.39, 0.29) is 109 Å². The van der Waals surface area contributed by atoms with E-state index in [1.165, 1.54) is 36.4 Å². The molecule has 17 nitrogen and oxygen atoms in total. The van der Waals surface area contributed by atoms with E-state index in [0.717, 1.165) is 30.3 Å². The molecule has 0 spiro atoms. The molecule has 0 unspecified atom stereocenters. The maximum absolute atomic E-state index is 12.1. The molecular weight excluding hydrogens is 762 g/mol. The van der Waals surface area contributed by atoms with Crippen LogP contribution in [0.4, 0.5) is 39.8 Å². The van der Waals surface area contributed by atoms with E-state index >= 15 is 0 Å². The number of nitrogens with zero attached hydrogens (tertiary/aromatic N) is 5. The summed E-state index contributed by atoms with van der Waals surface area (Å²) in [6.45, 7) is 0. The van der Waals surface area contributed by atoms with E-state index in [9.17, 15) is 51.4 Å². The summed E-state index contributed by atoms with van der Waals surface area (Å²) < 4.78 is 66.6. The van der Waals surface area contributed by atoms with Gasteiger partial charge in [0.1, 0.15) is 26.9 Å². The van der Waals surface area contributed by atoms with Gasteiger partial charge in [-0.05, 0) is 66.0 Å². The van der Waals surface area contributed by atoms with Crippen LogP contribution < -0.4 is 64.4 Å². The van der Waals surface area contributed by atoms with Crippen molar-refractivity contribution in [3.8, 4) is 17.2 Å². The van der Waals surface area contributed by atoms with E-state index in [2.05, 4.69) is 25.8 Å². The number of fused-ring (bicyclic) bond motifs is 1. The summed E-state index contributed by atoms with van der Waals surface area (Å²) in [6.07, 6.45) is 0. The molecule has 246 valence electrons. The molecule has 0 fully saturated rings. The van der Waals surface area contributed by atoms with Gasteiger partial charge in [0.2, 0.25) is 0 Å². The smallest absolute Gasteiger partial charge is 0.505 e. The van der Waals surface area contributed by atoms with Gasteiger partial charge in [-0.2, -0.15) is 21.9 Å². The monoisotopic (exact) mass is 782 g/mol. The van der Waals surface area contributed by atoms with E-state index in [0.29, 0.717) is 5.69 Å². The Kier molecular flexibility index (Phi) is 14.6. The predicted octanol–water partition coefficient (Wildman–Crippen LogP) is 0.938. The van der Waals surface area contributed by atoms with Gasteiger partial charge in [-0.1, -0.05) is 12.1 Å². The minimum absolute atomic E-state index is 0. The summed E-state index contributed by atoms with van der Waals surface area (Å²) in [4.78, 5) is 8.98. The Labute approximate surface area is 337 Å². The second kappa shape index (κ2) is 17.1. The van der Waals surface area contributed by atoms with Gasteiger partial charge < -0.3 is 20.6 Å². The van der Waals surface area contributed by atoms with Gasteiger partial charge in [0, 0.05) is 23.2 Å². The molecule has 0 aliphatic carbocycles. The Balaban J connectivity index is 0.00000289. The summed E-state index contributed by atoms with van der Waals surface area (Å²) in [5, 5.41) is 60.7. The average Bonchev–Trinajstić information content (AvgIpc) is 3.00. The second-order valence-corrected chi connectivity index (χ2v) is 12.3. The van der Waals surface area contributed by atoms with Crippen LogP contribution in [0.15, 0.2) is 115 Å². The molecule has 50 heavy (non-hydrogen) atoms. The fourth-order valence-corrected chi connectivity index (χ4v) is 5.74. The fraction of sp³-hybridized carbons (Fsp3) is 0. The first-order valence-corrected chi connectivity index (χ1v) is 15.7. The van der Waals surface area contributed by atoms with Crippen LogP contribution in [0.3, 0.4) is 0 Å². The molecule has 0 atom stereocenters. The number of hydrogen-bond acceptors (Lipinski definition) is 14. The minimum atomic E-state index is -5.13. The number of nitro groups is 1. The normalized spacial score (nSPS) is 11.5. The third-order valence-electron chi connectivity index (χ3n) is 6.45. The van der Waals surface area contributed by atoms with Gasteiger partial charge in [-0.3, -0.25) is 19.2 Å². The van der Waals surface area contributed by atoms with Crippen LogP contribution in [0.1, 0.15) is 0 Å². The number of para-hydroxylation sites is 1. The van der Waals surface area contributed by atoms with E-state index in [1.54, 1.807) is 18.2 Å². The Morgan fingerprint density at radius 1 is 0.700 bits per heavy atom. The van der Waals surface area contributed by atoms with E-state index in [4.69, 9.17) is 0 Å². The maximum atomic E-state index is 12.1. The Morgan fingerprint density at radius 3 is 1.96 bits per heavy atom. The van der Waals surface area contributed by atoms with Crippen molar-refractivity contribution in [2.24, 2.45) is 20.5 Å². The summed E-state index contributed by atoms with van der Waals surface area (Å²) in [5.74, 6) is -2.39. The van der Waals surface area contributed by atoms with Crippen molar-refractivity contribution in [1.29, 1.82) is 0 Å². The standard InChI is InChI=1S/C28H20N6O11S2.Fe.2Na/c35-23-12-11-21(31-30-17-8-6-16(7-9-17)29-20-3-1-2-4-24(20)46(40,41)42)26(36)25(23)33-32-22-13-15-5-10-18(34(38)39)14-19(15)28(27(22)37)47(43,44)45;;;/h1-14,29,35-37H,(H,40,41,42)(H,43,44,45);;;/q;+2;2*+1. The number of phenols is 3. The third-order valence-corrected chi connectivity index (χ3v) is 8.29. The first kappa shape index (κ1) is 42.7. The van der Waals surface area contributed by atoms with Gasteiger partial charge in [-0.25, -0.2) is 0 Å². The van der Waals surface area contributed by atoms with Crippen LogP contribution >= 0.6 is 0 Å². The zero-order valence-corrected chi connectivity index (χ0v) is 32.4. The molecule has 0 amide bonds. The zero-order chi connectivity index (χ0) is 34.1. The molecule has 0 heterocycles. The summed E-state index contributed by atoms with van der Waals surface area (Å²) in [6, 6.07) is 18.3. The van der Waals surface area contributed by atoms with Gasteiger partial charge in [0.25, 0.3) is 25.9 Å². The molecular formula is C28H20FeN6Na2O11S2+4.